The Kier molecular flexibility index (Phi) is 3.83. The average molecular weight is 291 g/mol. The van der Waals surface area contributed by atoms with Crippen molar-refractivity contribution >= 4 is 5.78 Å². The fourth-order valence-electron chi connectivity index (χ4n) is 2.54. The van der Waals surface area contributed by atoms with Gasteiger partial charge >= 0.3 is 0 Å². The van der Waals surface area contributed by atoms with Crippen LogP contribution in [-0.2, 0) is 0 Å². The summed E-state index contributed by atoms with van der Waals surface area (Å²) in [6, 6.07) is 19.9. The first-order valence-electron chi connectivity index (χ1n) is 7.25. The van der Waals surface area contributed by atoms with Crippen molar-refractivity contribution < 1.29 is 4.79 Å². The molecule has 2 aromatic carbocycles. The van der Waals surface area contributed by atoms with Gasteiger partial charge in [-0.15, -0.1) is 5.10 Å². The van der Waals surface area contributed by atoms with E-state index in [0.717, 1.165) is 16.8 Å². The van der Waals surface area contributed by atoms with Crippen molar-refractivity contribution in [3.8, 4) is 11.3 Å². The third-order valence-electron chi connectivity index (χ3n) is 3.72. The molecule has 0 spiro atoms. The Balaban J connectivity index is 2.15. The molecule has 22 heavy (non-hydrogen) atoms. The molecular formula is C18H17N3O. The molecule has 0 radical (unpaired) electrons. The lowest BCUT2D eigenvalue weighted by Crippen LogP contribution is -2.11. The summed E-state index contributed by atoms with van der Waals surface area (Å²) < 4.78 is 1.82. The van der Waals surface area contributed by atoms with Gasteiger partial charge in [-0.25, -0.2) is 4.68 Å². The lowest BCUT2D eigenvalue weighted by Gasteiger charge is -2.15. The fraction of sp³-hybridized carbons (Fsp3) is 0.167. The van der Waals surface area contributed by atoms with Crippen LogP contribution in [0.25, 0.3) is 11.3 Å². The molecule has 0 saturated heterocycles. The van der Waals surface area contributed by atoms with E-state index in [1.54, 1.807) is 0 Å². The summed E-state index contributed by atoms with van der Waals surface area (Å²) >= 11 is 0. The maximum Gasteiger partial charge on any atom is 0.182 e. The third kappa shape index (κ3) is 2.55. The molecule has 3 rings (SSSR count). The summed E-state index contributed by atoms with van der Waals surface area (Å²) in [5, 5.41) is 8.34. The molecule has 1 unspecified atom stereocenters. The van der Waals surface area contributed by atoms with Crippen LogP contribution < -0.4 is 0 Å². The van der Waals surface area contributed by atoms with E-state index in [9.17, 15) is 4.79 Å². The van der Waals surface area contributed by atoms with Gasteiger partial charge in [0.15, 0.2) is 11.5 Å². The number of nitrogens with zero attached hydrogens (tertiary/aromatic N) is 3. The predicted molar refractivity (Wildman–Crippen MR) is 85.7 cm³/mol. The molecule has 3 aromatic rings. The van der Waals surface area contributed by atoms with Crippen LogP contribution in [0, 0.1) is 0 Å². The Morgan fingerprint density at radius 3 is 2.18 bits per heavy atom. The lowest BCUT2D eigenvalue weighted by molar-refractivity contribution is 0.101. The second kappa shape index (κ2) is 5.93. The first-order valence-corrected chi connectivity index (χ1v) is 7.25. The Morgan fingerprint density at radius 1 is 1.00 bits per heavy atom. The second-order valence-corrected chi connectivity index (χ2v) is 5.24. The van der Waals surface area contributed by atoms with E-state index < -0.39 is 0 Å². The van der Waals surface area contributed by atoms with Gasteiger partial charge in [-0.3, -0.25) is 4.79 Å². The van der Waals surface area contributed by atoms with Gasteiger partial charge in [0.2, 0.25) is 0 Å². The quantitative estimate of drug-likeness (QED) is 0.688. The van der Waals surface area contributed by atoms with Crippen LogP contribution in [0.5, 0.6) is 0 Å². The number of carbonyl (C=O) groups excluding carboxylic acids is 1. The number of ketones is 1. The monoisotopic (exact) mass is 291 g/mol. The number of aromatic nitrogens is 3. The van der Waals surface area contributed by atoms with Crippen molar-refractivity contribution in [1.82, 2.24) is 15.0 Å². The van der Waals surface area contributed by atoms with E-state index in [2.05, 4.69) is 29.4 Å². The van der Waals surface area contributed by atoms with Crippen molar-refractivity contribution in [3.63, 3.8) is 0 Å². The largest absolute Gasteiger partial charge is 0.293 e. The van der Waals surface area contributed by atoms with Crippen LogP contribution in [0.15, 0.2) is 60.7 Å². The van der Waals surface area contributed by atoms with Gasteiger partial charge in [0.05, 0.1) is 6.04 Å². The van der Waals surface area contributed by atoms with E-state index >= 15 is 0 Å². The summed E-state index contributed by atoms with van der Waals surface area (Å²) in [5.74, 6) is -0.0784. The molecule has 4 heteroatoms. The normalized spacial score (nSPS) is 12.1. The highest BCUT2D eigenvalue weighted by Gasteiger charge is 2.21. The molecule has 0 saturated carbocycles. The molecule has 0 N–H and O–H groups in total. The van der Waals surface area contributed by atoms with E-state index in [0.29, 0.717) is 5.69 Å². The Bertz CT molecular complexity index is 779. The molecule has 0 amide bonds. The van der Waals surface area contributed by atoms with Crippen LogP contribution >= 0.6 is 0 Å². The molecule has 0 aliphatic rings. The van der Waals surface area contributed by atoms with E-state index in [-0.39, 0.29) is 11.8 Å². The van der Waals surface area contributed by atoms with Gasteiger partial charge in [0, 0.05) is 12.5 Å². The first-order chi connectivity index (χ1) is 10.7. The van der Waals surface area contributed by atoms with Gasteiger partial charge in [0.1, 0.15) is 5.69 Å². The van der Waals surface area contributed by atoms with Crippen molar-refractivity contribution in [2.75, 3.05) is 0 Å². The number of benzene rings is 2. The average Bonchev–Trinajstić information content (AvgIpc) is 3.01. The predicted octanol–water partition coefficient (Wildman–Crippen LogP) is 3.76. The van der Waals surface area contributed by atoms with Crippen LogP contribution in [-0.4, -0.2) is 20.8 Å². The number of rotatable bonds is 4. The summed E-state index contributed by atoms with van der Waals surface area (Å²) in [6.45, 7) is 3.58. The Hall–Kier alpha value is -2.75. The molecular weight excluding hydrogens is 274 g/mol. The summed E-state index contributed by atoms with van der Waals surface area (Å²) in [7, 11) is 0. The van der Waals surface area contributed by atoms with Crippen LogP contribution in [0.3, 0.4) is 0 Å². The van der Waals surface area contributed by atoms with Gasteiger partial charge in [-0.1, -0.05) is 65.9 Å². The molecule has 1 aromatic heterocycles. The molecule has 1 atom stereocenters. The van der Waals surface area contributed by atoms with Gasteiger partial charge in [-0.05, 0) is 12.5 Å². The Morgan fingerprint density at radius 2 is 1.59 bits per heavy atom. The smallest absolute Gasteiger partial charge is 0.182 e. The summed E-state index contributed by atoms with van der Waals surface area (Å²) in [4.78, 5) is 11.9. The molecule has 1 heterocycles. The van der Waals surface area contributed by atoms with Crippen molar-refractivity contribution in [3.05, 3.63) is 71.9 Å². The highest BCUT2D eigenvalue weighted by Crippen LogP contribution is 2.28. The Labute approximate surface area is 129 Å². The maximum absolute atomic E-state index is 11.9. The van der Waals surface area contributed by atoms with E-state index in [4.69, 9.17) is 0 Å². The zero-order valence-corrected chi connectivity index (χ0v) is 12.6. The SMILES string of the molecule is CC(=O)c1nnn(C(C)c2ccccc2)c1-c1ccccc1. The van der Waals surface area contributed by atoms with E-state index in [1.807, 2.05) is 53.2 Å². The van der Waals surface area contributed by atoms with Crippen molar-refractivity contribution in [2.45, 2.75) is 19.9 Å². The molecule has 0 fully saturated rings. The first kappa shape index (κ1) is 14.2. The highest BCUT2D eigenvalue weighted by atomic mass is 16.1. The minimum Gasteiger partial charge on any atom is -0.293 e. The molecule has 0 aliphatic carbocycles. The highest BCUT2D eigenvalue weighted by molar-refractivity contribution is 5.97. The maximum atomic E-state index is 11.9. The van der Waals surface area contributed by atoms with Crippen molar-refractivity contribution in [1.29, 1.82) is 0 Å². The standard InChI is InChI=1S/C18H17N3O/c1-13(15-9-5-3-6-10-15)21-18(16-11-7-4-8-12-16)17(14(2)22)19-20-21/h3-13H,1-2H3. The molecule has 0 bridgehead atoms. The lowest BCUT2D eigenvalue weighted by atomic mass is 10.1. The van der Waals surface area contributed by atoms with Gasteiger partial charge < -0.3 is 0 Å². The summed E-state index contributed by atoms with van der Waals surface area (Å²) in [5.41, 5.74) is 3.25. The topological polar surface area (TPSA) is 47.8 Å². The van der Waals surface area contributed by atoms with Crippen molar-refractivity contribution in [2.24, 2.45) is 0 Å². The number of Topliss-reactive ketones (excluding diaryl/α,β-unsaturated/α-hetero) is 1. The fourth-order valence-corrected chi connectivity index (χ4v) is 2.54. The van der Waals surface area contributed by atoms with Gasteiger partial charge in [0.25, 0.3) is 0 Å². The molecule has 4 nitrogen and oxygen atoms in total. The number of carbonyl (C=O) groups is 1. The van der Waals surface area contributed by atoms with Crippen LogP contribution in [0.1, 0.15) is 35.9 Å². The number of hydrogen-bond donors (Lipinski definition) is 0. The van der Waals surface area contributed by atoms with Crippen LogP contribution in [0.4, 0.5) is 0 Å². The summed E-state index contributed by atoms with van der Waals surface area (Å²) in [6.07, 6.45) is 0. The molecule has 110 valence electrons. The second-order valence-electron chi connectivity index (χ2n) is 5.24. The minimum atomic E-state index is -0.0784. The molecule has 0 aliphatic heterocycles. The minimum absolute atomic E-state index is 0.00277. The zero-order chi connectivity index (χ0) is 15.5. The van der Waals surface area contributed by atoms with Gasteiger partial charge in [-0.2, -0.15) is 0 Å². The number of hydrogen-bond acceptors (Lipinski definition) is 3. The van der Waals surface area contributed by atoms with E-state index in [1.165, 1.54) is 6.92 Å². The zero-order valence-electron chi connectivity index (χ0n) is 12.6. The third-order valence-corrected chi connectivity index (χ3v) is 3.72. The van der Waals surface area contributed by atoms with Crippen LogP contribution in [0.2, 0.25) is 0 Å².